The summed E-state index contributed by atoms with van der Waals surface area (Å²) in [7, 11) is 0. The lowest BCUT2D eigenvalue weighted by molar-refractivity contribution is 0.0693. The maximum absolute atomic E-state index is 13.5. The summed E-state index contributed by atoms with van der Waals surface area (Å²) in [6.45, 7) is 0.522. The standard InChI is InChI=1S/C14H17FN2O3S/c15-10-5-3-6-11(12(10)13(18)19)17-14(20)16-8-9-4-1-2-7-21-9/h3,5-6,9H,1-2,4,7-8H2,(H,18,19)(H2,16,17,20). The molecule has 5 nitrogen and oxygen atoms in total. The molecule has 2 amide bonds. The van der Waals surface area contributed by atoms with E-state index in [1.165, 1.54) is 18.6 Å². The number of anilines is 1. The normalized spacial score (nSPS) is 18.0. The molecule has 1 aliphatic rings. The fourth-order valence-corrected chi connectivity index (χ4v) is 3.43. The summed E-state index contributed by atoms with van der Waals surface area (Å²) < 4.78 is 13.5. The Morgan fingerprint density at radius 1 is 1.38 bits per heavy atom. The van der Waals surface area contributed by atoms with Crippen LogP contribution in [-0.4, -0.2) is 34.7 Å². The van der Waals surface area contributed by atoms with E-state index in [9.17, 15) is 14.0 Å². The summed E-state index contributed by atoms with van der Waals surface area (Å²) in [4.78, 5) is 22.8. The molecule has 21 heavy (non-hydrogen) atoms. The van der Waals surface area contributed by atoms with Crippen LogP contribution in [0.15, 0.2) is 18.2 Å². The molecule has 114 valence electrons. The molecule has 1 aromatic rings. The topological polar surface area (TPSA) is 78.4 Å². The third-order valence-electron chi connectivity index (χ3n) is 3.24. The zero-order chi connectivity index (χ0) is 15.2. The van der Waals surface area contributed by atoms with Gasteiger partial charge in [-0.2, -0.15) is 11.8 Å². The number of carboxylic acids is 1. The molecule has 1 atom stereocenters. The van der Waals surface area contributed by atoms with Crippen molar-refractivity contribution in [1.29, 1.82) is 0 Å². The number of carbonyl (C=O) groups is 2. The number of urea groups is 1. The first-order valence-corrected chi connectivity index (χ1v) is 7.81. The highest BCUT2D eigenvalue weighted by Crippen LogP contribution is 2.24. The summed E-state index contributed by atoms with van der Waals surface area (Å²) >= 11 is 1.83. The summed E-state index contributed by atoms with van der Waals surface area (Å²) in [5.74, 6) is -1.18. The highest BCUT2D eigenvalue weighted by atomic mass is 32.2. The monoisotopic (exact) mass is 312 g/mol. The van der Waals surface area contributed by atoms with E-state index in [2.05, 4.69) is 10.6 Å². The van der Waals surface area contributed by atoms with Gasteiger partial charge in [-0.1, -0.05) is 12.5 Å². The largest absolute Gasteiger partial charge is 0.478 e. The molecule has 1 saturated heterocycles. The molecule has 0 aromatic heterocycles. The van der Waals surface area contributed by atoms with Crippen LogP contribution in [0.4, 0.5) is 14.9 Å². The Labute approximate surface area is 126 Å². The highest BCUT2D eigenvalue weighted by Gasteiger charge is 2.18. The average Bonchev–Trinajstić information content (AvgIpc) is 2.46. The molecule has 0 radical (unpaired) electrons. The number of benzene rings is 1. The molecule has 0 saturated carbocycles. The first-order chi connectivity index (χ1) is 10.1. The molecule has 1 aromatic carbocycles. The quantitative estimate of drug-likeness (QED) is 0.799. The third-order valence-corrected chi connectivity index (χ3v) is 4.64. The van der Waals surface area contributed by atoms with Crippen molar-refractivity contribution < 1.29 is 19.1 Å². The highest BCUT2D eigenvalue weighted by molar-refractivity contribution is 7.99. The van der Waals surface area contributed by atoms with E-state index >= 15 is 0 Å². The van der Waals surface area contributed by atoms with E-state index in [0.29, 0.717) is 11.8 Å². The van der Waals surface area contributed by atoms with Gasteiger partial charge in [-0.25, -0.2) is 14.0 Å². The second kappa shape index (κ2) is 7.31. The lowest BCUT2D eigenvalue weighted by Crippen LogP contribution is -2.35. The number of nitrogens with one attached hydrogen (secondary N) is 2. The van der Waals surface area contributed by atoms with Crippen molar-refractivity contribution in [3.63, 3.8) is 0 Å². The lowest BCUT2D eigenvalue weighted by Gasteiger charge is -2.21. The number of carboxylic acid groups (broad SMARTS) is 1. The first kappa shape index (κ1) is 15.6. The lowest BCUT2D eigenvalue weighted by atomic mass is 10.1. The molecule has 0 spiro atoms. The maximum atomic E-state index is 13.5. The predicted octanol–water partition coefficient (Wildman–Crippen LogP) is 2.93. The van der Waals surface area contributed by atoms with Gasteiger partial charge in [-0.15, -0.1) is 0 Å². The minimum atomic E-state index is -1.41. The minimum absolute atomic E-state index is 0.0451. The molecule has 1 aliphatic heterocycles. The molecule has 1 heterocycles. The number of rotatable bonds is 4. The Bertz CT molecular complexity index is 533. The van der Waals surface area contributed by atoms with Crippen molar-refractivity contribution in [2.75, 3.05) is 17.6 Å². The molecule has 0 bridgehead atoms. The minimum Gasteiger partial charge on any atom is -0.478 e. The van der Waals surface area contributed by atoms with E-state index in [4.69, 9.17) is 5.11 Å². The second-order valence-electron chi connectivity index (χ2n) is 4.79. The maximum Gasteiger partial charge on any atom is 0.340 e. The van der Waals surface area contributed by atoms with Gasteiger partial charge in [0.1, 0.15) is 11.4 Å². The Hall–Kier alpha value is -1.76. The van der Waals surface area contributed by atoms with Gasteiger partial charge in [-0.05, 0) is 30.7 Å². The SMILES string of the molecule is O=C(NCC1CCCCS1)Nc1cccc(F)c1C(=O)O. The summed E-state index contributed by atoms with van der Waals surface area (Å²) in [5.41, 5.74) is -0.573. The van der Waals surface area contributed by atoms with Gasteiger partial charge in [0, 0.05) is 11.8 Å². The van der Waals surface area contributed by atoms with Gasteiger partial charge in [0.05, 0.1) is 5.69 Å². The van der Waals surface area contributed by atoms with E-state index in [1.54, 1.807) is 0 Å². The molecule has 1 unspecified atom stereocenters. The molecule has 7 heteroatoms. The van der Waals surface area contributed by atoms with Gasteiger partial charge >= 0.3 is 12.0 Å². The van der Waals surface area contributed by atoms with Crippen LogP contribution < -0.4 is 10.6 Å². The Kier molecular flexibility index (Phi) is 5.44. The molecule has 2 rings (SSSR count). The van der Waals surface area contributed by atoms with Crippen molar-refractivity contribution in [3.8, 4) is 0 Å². The van der Waals surface area contributed by atoms with E-state index < -0.39 is 23.4 Å². The number of halogens is 1. The van der Waals surface area contributed by atoms with Crippen LogP contribution in [0.3, 0.4) is 0 Å². The number of hydrogen-bond donors (Lipinski definition) is 3. The van der Waals surface area contributed by atoms with Gasteiger partial charge in [0.25, 0.3) is 0 Å². The van der Waals surface area contributed by atoms with Crippen molar-refractivity contribution in [2.45, 2.75) is 24.5 Å². The van der Waals surface area contributed by atoms with Crippen molar-refractivity contribution in [3.05, 3.63) is 29.6 Å². The molecule has 1 fully saturated rings. The van der Waals surface area contributed by atoms with Crippen LogP contribution in [-0.2, 0) is 0 Å². The molecular weight excluding hydrogens is 295 g/mol. The number of amides is 2. The fourth-order valence-electron chi connectivity index (χ4n) is 2.19. The Morgan fingerprint density at radius 3 is 2.86 bits per heavy atom. The number of hydrogen-bond acceptors (Lipinski definition) is 3. The van der Waals surface area contributed by atoms with Gasteiger partial charge < -0.3 is 15.7 Å². The molecular formula is C14H17FN2O3S. The predicted molar refractivity (Wildman–Crippen MR) is 80.5 cm³/mol. The summed E-state index contributed by atoms with van der Waals surface area (Å²) in [6.07, 6.45) is 3.43. The van der Waals surface area contributed by atoms with Crippen molar-refractivity contribution in [2.24, 2.45) is 0 Å². The summed E-state index contributed by atoms with van der Waals surface area (Å²) in [5, 5.41) is 14.5. The third kappa shape index (κ3) is 4.35. The zero-order valence-electron chi connectivity index (χ0n) is 11.4. The van der Waals surface area contributed by atoms with Gasteiger partial charge in [-0.3, -0.25) is 0 Å². The summed E-state index contributed by atoms with van der Waals surface area (Å²) in [6, 6.07) is 3.25. The van der Waals surface area contributed by atoms with Crippen LogP contribution in [0.1, 0.15) is 29.6 Å². The van der Waals surface area contributed by atoms with Crippen LogP contribution >= 0.6 is 11.8 Å². The van der Waals surface area contributed by atoms with Crippen LogP contribution in [0.5, 0.6) is 0 Å². The smallest absolute Gasteiger partial charge is 0.340 e. The average molecular weight is 312 g/mol. The zero-order valence-corrected chi connectivity index (χ0v) is 12.2. The number of carbonyl (C=O) groups excluding carboxylic acids is 1. The Balaban J connectivity index is 1.93. The van der Waals surface area contributed by atoms with Crippen LogP contribution in [0, 0.1) is 5.82 Å². The number of thioether (sulfide) groups is 1. The van der Waals surface area contributed by atoms with Crippen molar-refractivity contribution >= 4 is 29.4 Å². The van der Waals surface area contributed by atoms with Gasteiger partial charge in [0.2, 0.25) is 0 Å². The fraction of sp³-hybridized carbons (Fsp3) is 0.429. The number of aromatic carboxylic acids is 1. The van der Waals surface area contributed by atoms with Gasteiger partial charge in [0.15, 0.2) is 0 Å². The van der Waals surface area contributed by atoms with Crippen LogP contribution in [0.25, 0.3) is 0 Å². The second-order valence-corrected chi connectivity index (χ2v) is 6.20. The van der Waals surface area contributed by atoms with Crippen molar-refractivity contribution in [1.82, 2.24) is 5.32 Å². The molecule has 3 N–H and O–H groups in total. The van der Waals surface area contributed by atoms with Crippen LogP contribution in [0.2, 0.25) is 0 Å². The first-order valence-electron chi connectivity index (χ1n) is 6.76. The van der Waals surface area contributed by atoms with E-state index in [-0.39, 0.29) is 5.69 Å². The van der Waals surface area contributed by atoms with E-state index in [1.807, 2.05) is 11.8 Å². The van der Waals surface area contributed by atoms with E-state index in [0.717, 1.165) is 24.7 Å². The Morgan fingerprint density at radius 2 is 2.19 bits per heavy atom. The molecule has 0 aliphatic carbocycles.